The molecule has 1 aromatic heterocycles. The minimum Gasteiger partial charge on any atom is -0.423 e. The van der Waals surface area contributed by atoms with Gasteiger partial charge in [-0.2, -0.15) is 0 Å². The van der Waals surface area contributed by atoms with E-state index in [0.29, 0.717) is 11.5 Å². The van der Waals surface area contributed by atoms with Gasteiger partial charge in [0, 0.05) is 37.1 Å². The van der Waals surface area contributed by atoms with E-state index in [9.17, 15) is 4.79 Å². The molecular formula is C17H22N2O2. The molecule has 0 bridgehead atoms. The fraction of sp³-hybridized carbons (Fsp3) is 0.471. The van der Waals surface area contributed by atoms with Crippen molar-refractivity contribution in [3.05, 3.63) is 45.8 Å². The molecule has 21 heavy (non-hydrogen) atoms. The maximum absolute atomic E-state index is 11.8. The molecule has 1 aliphatic rings. The Morgan fingerprint density at radius 3 is 2.90 bits per heavy atom. The normalized spacial score (nSPS) is 23.6. The Morgan fingerprint density at radius 1 is 1.33 bits per heavy atom. The average Bonchev–Trinajstić information content (AvgIpc) is 2.36. The predicted octanol–water partition coefficient (Wildman–Crippen LogP) is 2.27. The molecule has 0 spiro atoms. The summed E-state index contributed by atoms with van der Waals surface area (Å²) >= 11 is 0. The van der Waals surface area contributed by atoms with Crippen molar-refractivity contribution >= 4 is 11.0 Å². The van der Waals surface area contributed by atoms with Crippen LogP contribution in [-0.4, -0.2) is 24.0 Å². The van der Waals surface area contributed by atoms with E-state index in [4.69, 9.17) is 10.2 Å². The molecule has 0 radical (unpaired) electrons. The lowest BCUT2D eigenvalue weighted by molar-refractivity contribution is 0.159. The van der Waals surface area contributed by atoms with Gasteiger partial charge in [0.05, 0.1) is 0 Å². The van der Waals surface area contributed by atoms with E-state index < -0.39 is 0 Å². The monoisotopic (exact) mass is 286 g/mol. The molecule has 2 atom stereocenters. The topological polar surface area (TPSA) is 59.5 Å². The van der Waals surface area contributed by atoms with Crippen molar-refractivity contribution in [1.82, 2.24) is 4.90 Å². The molecule has 0 aliphatic carbocycles. The number of hydrogen-bond donors (Lipinski definition) is 1. The molecule has 4 heteroatoms. The van der Waals surface area contributed by atoms with Crippen LogP contribution in [0.2, 0.25) is 0 Å². The molecule has 4 nitrogen and oxygen atoms in total. The summed E-state index contributed by atoms with van der Waals surface area (Å²) in [5.74, 6) is 0.599. The zero-order chi connectivity index (χ0) is 15.0. The first-order valence-corrected chi connectivity index (χ1v) is 7.52. The number of rotatable bonds is 2. The number of nitrogens with two attached hydrogens (primary N) is 1. The van der Waals surface area contributed by atoms with Crippen LogP contribution in [0, 0.1) is 12.8 Å². The van der Waals surface area contributed by atoms with Crippen LogP contribution in [0.15, 0.2) is 33.5 Å². The first kappa shape index (κ1) is 14.3. The Labute approximate surface area is 124 Å². The van der Waals surface area contributed by atoms with Gasteiger partial charge in [-0.25, -0.2) is 4.79 Å². The first-order valence-electron chi connectivity index (χ1n) is 7.52. The minimum absolute atomic E-state index is 0.224. The van der Waals surface area contributed by atoms with E-state index >= 15 is 0 Å². The molecule has 1 fully saturated rings. The Hall–Kier alpha value is -1.65. The summed E-state index contributed by atoms with van der Waals surface area (Å²) in [5, 5.41) is 1.02. The van der Waals surface area contributed by atoms with Crippen molar-refractivity contribution in [3.63, 3.8) is 0 Å². The van der Waals surface area contributed by atoms with E-state index in [1.807, 2.05) is 19.1 Å². The highest BCUT2D eigenvalue weighted by Gasteiger charge is 2.22. The van der Waals surface area contributed by atoms with Crippen LogP contribution in [0.3, 0.4) is 0 Å². The lowest BCUT2D eigenvalue weighted by Gasteiger charge is -2.34. The van der Waals surface area contributed by atoms with Gasteiger partial charge in [-0.1, -0.05) is 19.1 Å². The fourth-order valence-corrected chi connectivity index (χ4v) is 3.35. The molecule has 3 rings (SSSR count). The Balaban J connectivity index is 1.95. The third-order valence-corrected chi connectivity index (χ3v) is 4.15. The molecule has 2 unspecified atom stereocenters. The molecule has 2 heterocycles. The SMILES string of the molecule is Cc1ccc2c(CN3CC(C)CC(N)C3)cc(=O)oc2c1. The summed E-state index contributed by atoms with van der Waals surface area (Å²) in [6.07, 6.45) is 1.08. The molecular weight excluding hydrogens is 264 g/mol. The van der Waals surface area contributed by atoms with Crippen molar-refractivity contribution in [1.29, 1.82) is 0 Å². The largest absolute Gasteiger partial charge is 0.423 e. The molecule has 0 saturated carbocycles. The predicted molar refractivity (Wildman–Crippen MR) is 84.3 cm³/mol. The highest BCUT2D eigenvalue weighted by atomic mass is 16.4. The van der Waals surface area contributed by atoms with Crippen molar-refractivity contribution in [3.8, 4) is 0 Å². The zero-order valence-electron chi connectivity index (χ0n) is 12.6. The quantitative estimate of drug-likeness (QED) is 0.860. The summed E-state index contributed by atoms with van der Waals surface area (Å²) in [5.41, 5.74) is 8.63. The molecule has 2 aromatic rings. The molecule has 1 saturated heterocycles. The van der Waals surface area contributed by atoms with Gasteiger partial charge in [0.15, 0.2) is 0 Å². The number of nitrogens with zero attached hydrogens (tertiary/aromatic N) is 1. The van der Waals surface area contributed by atoms with Gasteiger partial charge in [0.25, 0.3) is 0 Å². The lowest BCUT2D eigenvalue weighted by Crippen LogP contribution is -2.45. The van der Waals surface area contributed by atoms with Crippen LogP contribution in [0.5, 0.6) is 0 Å². The second-order valence-corrected chi connectivity index (χ2v) is 6.39. The molecule has 2 N–H and O–H groups in total. The molecule has 112 valence electrons. The second-order valence-electron chi connectivity index (χ2n) is 6.39. The van der Waals surface area contributed by atoms with Crippen LogP contribution in [0.1, 0.15) is 24.5 Å². The number of benzene rings is 1. The first-order chi connectivity index (χ1) is 10.0. The maximum Gasteiger partial charge on any atom is 0.336 e. The van der Waals surface area contributed by atoms with E-state index in [2.05, 4.69) is 17.9 Å². The van der Waals surface area contributed by atoms with Gasteiger partial charge in [-0.15, -0.1) is 0 Å². The van der Waals surface area contributed by atoms with Crippen LogP contribution in [0.4, 0.5) is 0 Å². The minimum atomic E-state index is -0.280. The highest BCUT2D eigenvalue weighted by Crippen LogP contribution is 2.22. The summed E-state index contributed by atoms with van der Waals surface area (Å²) in [4.78, 5) is 14.1. The van der Waals surface area contributed by atoms with E-state index in [0.717, 1.165) is 42.6 Å². The van der Waals surface area contributed by atoms with Gasteiger partial charge < -0.3 is 10.2 Å². The molecule has 1 aliphatic heterocycles. The van der Waals surface area contributed by atoms with E-state index in [1.165, 1.54) is 0 Å². The van der Waals surface area contributed by atoms with Crippen LogP contribution < -0.4 is 11.4 Å². The Kier molecular flexibility index (Phi) is 3.83. The summed E-state index contributed by atoms with van der Waals surface area (Å²) in [6, 6.07) is 7.85. The number of hydrogen-bond acceptors (Lipinski definition) is 4. The number of likely N-dealkylation sites (tertiary alicyclic amines) is 1. The number of fused-ring (bicyclic) bond motifs is 1. The molecule has 1 aromatic carbocycles. The van der Waals surface area contributed by atoms with Gasteiger partial charge in [-0.05, 0) is 36.5 Å². The van der Waals surface area contributed by atoms with Crippen molar-refractivity contribution in [2.45, 2.75) is 32.9 Å². The van der Waals surface area contributed by atoms with Gasteiger partial charge >= 0.3 is 5.63 Å². The smallest absolute Gasteiger partial charge is 0.336 e. The van der Waals surface area contributed by atoms with Crippen molar-refractivity contribution < 1.29 is 4.42 Å². The summed E-state index contributed by atoms with van der Waals surface area (Å²) in [6.45, 7) is 6.90. The van der Waals surface area contributed by atoms with Crippen molar-refractivity contribution in [2.24, 2.45) is 11.7 Å². The number of piperidine rings is 1. The van der Waals surface area contributed by atoms with Gasteiger partial charge in [0.1, 0.15) is 5.58 Å². The maximum atomic E-state index is 11.8. The summed E-state index contributed by atoms with van der Waals surface area (Å²) < 4.78 is 5.32. The zero-order valence-corrected chi connectivity index (χ0v) is 12.6. The van der Waals surface area contributed by atoms with E-state index in [-0.39, 0.29) is 11.7 Å². The average molecular weight is 286 g/mol. The van der Waals surface area contributed by atoms with Crippen LogP contribution >= 0.6 is 0 Å². The van der Waals surface area contributed by atoms with Crippen LogP contribution in [-0.2, 0) is 6.54 Å². The van der Waals surface area contributed by atoms with Crippen LogP contribution in [0.25, 0.3) is 11.0 Å². The van der Waals surface area contributed by atoms with Crippen molar-refractivity contribution in [2.75, 3.05) is 13.1 Å². The second kappa shape index (κ2) is 5.62. The standard InChI is InChI=1S/C17H22N2O2/c1-11-3-4-15-13(7-17(20)21-16(15)6-11)9-19-8-12(2)5-14(18)10-19/h3-4,6-7,12,14H,5,8-10,18H2,1-2H3. The highest BCUT2D eigenvalue weighted by molar-refractivity contribution is 5.80. The van der Waals surface area contributed by atoms with Gasteiger partial charge in [-0.3, -0.25) is 4.90 Å². The van der Waals surface area contributed by atoms with E-state index in [1.54, 1.807) is 6.07 Å². The van der Waals surface area contributed by atoms with Gasteiger partial charge in [0.2, 0.25) is 0 Å². The fourth-order valence-electron chi connectivity index (χ4n) is 3.35. The lowest BCUT2D eigenvalue weighted by atomic mass is 9.96. The summed E-state index contributed by atoms with van der Waals surface area (Å²) in [7, 11) is 0. The third kappa shape index (κ3) is 3.17. The Morgan fingerprint density at radius 2 is 2.14 bits per heavy atom. The Bertz CT molecular complexity index is 697. The number of aryl methyl sites for hydroxylation is 1. The molecule has 0 amide bonds. The third-order valence-electron chi connectivity index (χ3n) is 4.15.